The van der Waals surface area contributed by atoms with Crippen molar-refractivity contribution in [3.63, 3.8) is 0 Å². The second-order valence-electron chi connectivity index (χ2n) is 7.13. The fourth-order valence-corrected chi connectivity index (χ4v) is 3.21. The van der Waals surface area contributed by atoms with Gasteiger partial charge in [-0.05, 0) is 55.7 Å². The monoisotopic (exact) mass is 415 g/mol. The lowest BCUT2D eigenvalue weighted by molar-refractivity contribution is 0.0397. The van der Waals surface area contributed by atoms with Crippen molar-refractivity contribution >= 4 is 17.8 Å². The van der Waals surface area contributed by atoms with Crippen LogP contribution in [-0.2, 0) is 4.74 Å². The van der Waals surface area contributed by atoms with Gasteiger partial charge in [0.25, 0.3) is 5.91 Å². The third-order valence-electron chi connectivity index (χ3n) is 4.87. The Balaban J connectivity index is 0.000000179. The number of likely N-dealkylation sites (tertiary alicyclic amines) is 1. The van der Waals surface area contributed by atoms with Crippen molar-refractivity contribution in [3.8, 4) is 0 Å². The SMILES string of the molecule is O=C(OC(=O)c1ccccc1)c1ccccc1.O=C(c1ccccc1)N1CCCCC1. The van der Waals surface area contributed by atoms with Crippen molar-refractivity contribution in [2.75, 3.05) is 13.1 Å². The Labute approximate surface area is 182 Å². The molecular weight excluding hydrogens is 390 g/mol. The molecule has 0 unspecified atom stereocenters. The number of amides is 1. The molecule has 0 aliphatic carbocycles. The lowest BCUT2D eigenvalue weighted by atomic mass is 10.1. The summed E-state index contributed by atoms with van der Waals surface area (Å²) in [6.07, 6.45) is 3.57. The molecule has 5 nitrogen and oxygen atoms in total. The summed E-state index contributed by atoms with van der Waals surface area (Å²) in [6, 6.07) is 26.4. The zero-order valence-electron chi connectivity index (χ0n) is 17.3. The Bertz CT molecular complexity index is 932. The summed E-state index contributed by atoms with van der Waals surface area (Å²) < 4.78 is 4.74. The molecule has 31 heavy (non-hydrogen) atoms. The van der Waals surface area contributed by atoms with E-state index >= 15 is 0 Å². The van der Waals surface area contributed by atoms with Gasteiger partial charge in [-0.2, -0.15) is 0 Å². The van der Waals surface area contributed by atoms with E-state index in [9.17, 15) is 14.4 Å². The van der Waals surface area contributed by atoms with Crippen molar-refractivity contribution in [1.82, 2.24) is 4.90 Å². The molecule has 158 valence electrons. The highest BCUT2D eigenvalue weighted by Crippen LogP contribution is 2.12. The maximum atomic E-state index is 11.9. The van der Waals surface area contributed by atoms with E-state index in [1.165, 1.54) is 6.42 Å². The van der Waals surface area contributed by atoms with Gasteiger partial charge >= 0.3 is 11.9 Å². The molecule has 1 amide bonds. The lowest BCUT2D eigenvalue weighted by Crippen LogP contribution is -2.35. The number of carbonyl (C=O) groups excluding carboxylic acids is 3. The Morgan fingerprint density at radius 2 is 0.935 bits per heavy atom. The number of piperidine rings is 1. The molecule has 0 radical (unpaired) electrons. The van der Waals surface area contributed by atoms with Crippen LogP contribution in [0.3, 0.4) is 0 Å². The standard InChI is InChI=1S/C14H10O3.C12H15NO/c15-13(11-7-3-1-4-8-11)17-14(16)12-9-5-2-6-10-12;14-12(11-7-3-1-4-8-11)13-9-5-2-6-10-13/h1-10H;1,3-4,7-8H,2,5-6,9-10H2. The summed E-state index contributed by atoms with van der Waals surface area (Å²) in [5.74, 6) is -1.09. The van der Waals surface area contributed by atoms with Crippen LogP contribution in [0, 0.1) is 0 Å². The quantitative estimate of drug-likeness (QED) is 0.446. The van der Waals surface area contributed by atoms with Gasteiger partial charge in [-0.1, -0.05) is 54.6 Å². The molecule has 1 aliphatic heterocycles. The van der Waals surface area contributed by atoms with Crippen LogP contribution in [0.15, 0.2) is 91.0 Å². The summed E-state index contributed by atoms with van der Waals surface area (Å²) in [6.45, 7) is 1.85. The molecule has 5 heteroatoms. The molecule has 1 fully saturated rings. The first kappa shape index (κ1) is 22.0. The number of hydrogen-bond acceptors (Lipinski definition) is 4. The highest BCUT2D eigenvalue weighted by Gasteiger charge is 2.17. The molecule has 3 aromatic carbocycles. The zero-order valence-corrected chi connectivity index (χ0v) is 17.3. The fraction of sp³-hybridized carbons (Fsp3) is 0.192. The van der Waals surface area contributed by atoms with Crippen molar-refractivity contribution in [3.05, 3.63) is 108 Å². The first-order valence-corrected chi connectivity index (χ1v) is 10.4. The van der Waals surface area contributed by atoms with Crippen molar-refractivity contribution < 1.29 is 19.1 Å². The summed E-state index contributed by atoms with van der Waals surface area (Å²) >= 11 is 0. The Hall–Kier alpha value is -3.73. The highest BCUT2D eigenvalue weighted by atomic mass is 16.6. The van der Waals surface area contributed by atoms with Gasteiger partial charge in [0.15, 0.2) is 0 Å². The van der Waals surface area contributed by atoms with Gasteiger partial charge in [-0.25, -0.2) is 9.59 Å². The van der Waals surface area contributed by atoms with Crippen LogP contribution in [0.4, 0.5) is 0 Å². The summed E-state index contributed by atoms with van der Waals surface area (Å²) in [4.78, 5) is 37.1. The van der Waals surface area contributed by atoms with Crippen LogP contribution in [0.2, 0.25) is 0 Å². The van der Waals surface area contributed by atoms with Gasteiger partial charge in [0, 0.05) is 18.7 Å². The normalized spacial score (nSPS) is 12.8. The van der Waals surface area contributed by atoms with E-state index in [1.54, 1.807) is 60.7 Å². The third kappa shape index (κ3) is 6.64. The van der Waals surface area contributed by atoms with Crippen LogP contribution < -0.4 is 0 Å². The topological polar surface area (TPSA) is 63.7 Å². The second kappa shape index (κ2) is 11.5. The van der Waals surface area contributed by atoms with E-state index in [4.69, 9.17) is 4.74 Å². The molecule has 0 atom stereocenters. The number of benzene rings is 3. The van der Waals surface area contributed by atoms with Crippen LogP contribution in [0.5, 0.6) is 0 Å². The van der Waals surface area contributed by atoms with E-state index in [0.717, 1.165) is 31.5 Å². The number of carbonyl (C=O) groups is 3. The highest BCUT2D eigenvalue weighted by molar-refractivity contribution is 6.02. The zero-order chi connectivity index (χ0) is 21.9. The van der Waals surface area contributed by atoms with Gasteiger partial charge in [0.1, 0.15) is 0 Å². The molecule has 0 saturated carbocycles. The van der Waals surface area contributed by atoms with Gasteiger partial charge in [0.05, 0.1) is 11.1 Å². The Kier molecular flexibility index (Phi) is 8.12. The van der Waals surface area contributed by atoms with Crippen LogP contribution >= 0.6 is 0 Å². The van der Waals surface area contributed by atoms with Crippen molar-refractivity contribution in [2.24, 2.45) is 0 Å². The first-order valence-electron chi connectivity index (χ1n) is 10.4. The maximum absolute atomic E-state index is 11.9. The molecular formula is C26H25NO4. The minimum Gasteiger partial charge on any atom is -0.386 e. The van der Waals surface area contributed by atoms with E-state index < -0.39 is 11.9 Å². The predicted molar refractivity (Wildman–Crippen MR) is 119 cm³/mol. The summed E-state index contributed by atoms with van der Waals surface area (Å²) in [5, 5.41) is 0. The van der Waals surface area contributed by atoms with Gasteiger partial charge < -0.3 is 9.64 Å². The number of nitrogens with zero attached hydrogens (tertiary/aromatic N) is 1. The third-order valence-corrected chi connectivity index (χ3v) is 4.87. The van der Waals surface area contributed by atoms with Crippen LogP contribution in [0.25, 0.3) is 0 Å². The molecule has 1 saturated heterocycles. The molecule has 1 heterocycles. The van der Waals surface area contributed by atoms with Gasteiger partial charge in [-0.3, -0.25) is 4.79 Å². The lowest BCUT2D eigenvalue weighted by Gasteiger charge is -2.26. The average Bonchev–Trinajstić information content (AvgIpc) is 2.86. The second-order valence-corrected chi connectivity index (χ2v) is 7.13. The smallest absolute Gasteiger partial charge is 0.346 e. The summed E-state index contributed by atoms with van der Waals surface area (Å²) in [7, 11) is 0. The molecule has 0 aromatic heterocycles. The maximum Gasteiger partial charge on any atom is 0.346 e. The van der Waals surface area contributed by atoms with Crippen LogP contribution in [-0.4, -0.2) is 35.8 Å². The average molecular weight is 415 g/mol. The fourth-order valence-electron chi connectivity index (χ4n) is 3.21. The molecule has 0 spiro atoms. The van der Waals surface area contributed by atoms with E-state index in [0.29, 0.717) is 11.1 Å². The largest absolute Gasteiger partial charge is 0.386 e. The number of esters is 2. The number of hydrogen-bond donors (Lipinski definition) is 0. The molecule has 0 N–H and O–H groups in total. The number of rotatable bonds is 3. The van der Waals surface area contributed by atoms with Crippen LogP contribution in [0.1, 0.15) is 50.3 Å². The van der Waals surface area contributed by atoms with Gasteiger partial charge in [-0.15, -0.1) is 0 Å². The van der Waals surface area contributed by atoms with E-state index in [2.05, 4.69) is 0 Å². The van der Waals surface area contributed by atoms with Crippen molar-refractivity contribution in [1.29, 1.82) is 0 Å². The predicted octanol–water partition coefficient (Wildman–Crippen LogP) is 5.00. The summed E-state index contributed by atoms with van der Waals surface area (Å²) in [5.41, 5.74) is 1.53. The molecule has 4 rings (SSSR count). The van der Waals surface area contributed by atoms with E-state index in [-0.39, 0.29) is 5.91 Å². The van der Waals surface area contributed by atoms with Gasteiger partial charge in [0.2, 0.25) is 0 Å². The minimum atomic E-state index is -0.639. The Morgan fingerprint density at radius 3 is 1.35 bits per heavy atom. The first-order chi connectivity index (χ1) is 15.1. The number of ether oxygens (including phenoxy) is 1. The molecule has 0 bridgehead atoms. The Morgan fingerprint density at radius 1 is 0.548 bits per heavy atom. The van der Waals surface area contributed by atoms with Crippen molar-refractivity contribution in [2.45, 2.75) is 19.3 Å². The molecule has 1 aliphatic rings. The van der Waals surface area contributed by atoms with E-state index in [1.807, 2.05) is 35.2 Å². The minimum absolute atomic E-state index is 0.185. The molecule has 3 aromatic rings.